The van der Waals surface area contributed by atoms with E-state index in [9.17, 15) is 0 Å². The lowest BCUT2D eigenvalue weighted by Gasteiger charge is -2.31. The summed E-state index contributed by atoms with van der Waals surface area (Å²) in [5, 5.41) is 3.19. The van der Waals surface area contributed by atoms with Crippen LogP contribution < -0.4 is 10.1 Å². The Morgan fingerprint density at radius 2 is 1.89 bits per heavy atom. The summed E-state index contributed by atoms with van der Waals surface area (Å²) in [5.74, 6) is 2.44. The SMILES string of the molecule is CNC(C)c1ccc(OC2CC(C)CC(C)C2)cn1. The van der Waals surface area contributed by atoms with Crippen LogP contribution >= 0.6 is 0 Å². The molecule has 1 heterocycles. The van der Waals surface area contributed by atoms with Crippen molar-refractivity contribution in [3.63, 3.8) is 0 Å². The van der Waals surface area contributed by atoms with Crippen molar-refractivity contribution in [1.82, 2.24) is 10.3 Å². The van der Waals surface area contributed by atoms with Gasteiger partial charge in [0, 0.05) is 6.04 Å². The molecule has 1 aromatic heterocycles. The first kappa shape index (κ1) is 14.3. The van der Waals surface area contributed by atoms with E-state index in [0.29, 0.717) is 6.10 Å². The monoisotopic (exact) mass is 262 g/mol. The highest BCUT2D eigenvalue weighted by Gasteiger charge is 2.25. The van der Waals surface area contributed by atoms with E-state index in [1.54, 1.807) is 0 Å². The highest BCUT2D eigenvalue weighted by Crippen LogP contribution is 2.31. The topological polar surface area (TPSA) is 34.1 Å². The van der Waals surface area contributed by atoms with E-state index in [1.807, 2.05) is 25.4 Å². The highest BCUT2D eigenvalue weighted by atomic mass is 16.5. The maximum absolute atomic E-state index is 6.08. The summed E-state index contributed by atoms with van der Waals surface area (Å²) in [6.45, 7) is 6.75. The largest absolute Gasteiger partial charge is 0.489 e. The molecule has 1 saturated carbocycles. The van der Waals surface area contributed by atoms with Crippen LogP contribution in [0.2, 0.25) is 0 Å². The lowest BCUT2D eigenvalue weighted by molar-refractivity contribution is 0.101. The molecule has 1 aliphatic carbocycles. The second-order valence-corrected chi connectivity index (χ2v) is 6.09. The Hall–Kier alpha value is -1.09. The minimum Gasteiger partial charge on any atom is -0.489 e. The summed E-state index contributed by atoms with van der Waals surface area (Å²) < 4.78 is 6.08. The second-order valence-electron chi connectivity index (χ2n) is 6.09. The molecule has 3 nitrogen and oxygen atoms in total. The van der Waals surface area contributed by atoms with Gasteiger partial charge in [-0.3, -0.25) is 4.98 Å². The summed E-state index contributed by atoms with van der Waals surface area (Å²) in [7, 11) is 1.95. The standard InChI is InChI=1S/C16H26N2O/c1-11-7-12(2)9-15(8-11)19-14-5-6-16(18-10-14)13(3)17-4/h5-6,10-13,15,17H,7-9H2,1-4H3. The third-order valence-electron chi connectivity index (χ3n) is 4.07. The molecule has 3 unspecified atom stereocenters. The molecule has 1 aliphatic rings. The lowest BCUT2D eigenvalue weighted by atomic mass is 9.82. The van der Waals surface area contributed by atoms with Crippen LogP contribution in [0, 0.1) is 11.8 Å². The molecule has 2 rings (SSSR count). The zero-order chi connectivity index (χ0) is 13.8. The highest BCUT2D eigenvalue weighted by molar-refractivity contribution is 5.21. The Morgan fingerprint density at radius 1 is 1.21 bits per heavy atom. The van der Waals surface area contributed by atoms with Crippen molar-refractivity contribution in [2.75, 3.05) is 7.05 Å². The molecule has 1 fully saturated rings. The Balaban J connectivity index is 1.95. The molecule has 19 heavy (non-hydrogen) atoms. The Bertz CT molecular complexity index is 380. The average Bonchev–Trinajstić information content (AvgIpc) is 2.37. The number of aromatic nitrogens is 1. The predicted molar refractivity (Wildman–Crippen MR) is 78.3 cm³/mol. The predicted octanol–water partition coefficient (Wildman–Crippen LogP) is 3.57. The van der Waals surface area contributed by atoms with Crippen molar-refractivity contribution in [2.24, 2.45) is 11.8 Å². The average molecular weight is 262 g/mol. The number of pyridine rings is 1. The van der Waals surface area contributed by atoms with Gasteiger partial charge in [-0.25, -0.2) is 0 Å². The van der Waals surface area contributed by atoms with Crippen molar-refractivity contribution in [3.05, 3.63) is 24.0 Å². The minimum atomic E-state index is 0.281. The number of rotatable bonds is 4. The van der Waals surface area contributed by atoms with Gasteiger partial charge in [0.15, 0.2) is 0 Å². The van der Waals surface area contributed by atoms with Gasteiger partial charge < -0.3 is 10.1 Å². The summed E-state index contributed by atoms with van der Waals surface area (Å²) in [4.78, 5) is 4.47. The second kappa shape index (κ2) is 6.38. The Kier molecular flexibility index (Phi) is 4.81. The van der Waals surface area contributed by atoms with Gasteiger partial charge in [-0.15, -0.1) is 0 Å². The van der Waals surface area contributed by atoms with Gasteiger partial charge in [-0.2, -0.15) is 0 Å². The van der Waals surface area contributed by atoms with Gasteiger partial charge in [-0.05, 0) is 57.2 Å². The minimum absolute atomic E-state index is 0.281. The first-order valence-electron chi connectivity index (χ1n) is 7.38. The van der Waals surface area contributed by atoms with Crippen LogP contribution in [0.15, 0.2) is 18.3 Å². The molecule has 3 heteroatoms. The van der Waals surface area contributed by atoms with E-state index in [0.717, 1.165) is 23.3 Å². The molecule has 1 N–H and O–H groups in total. The fraction of sp³-hybridized carbons (Fsp3) is 0.688. The molecule has 0 aliphatic heterocycles. The van der Waals surface area contributed by atoms with Crippen LogP contribution in [-0.4, -0.2) is 18.1 Å². The van der Waals surface area contributed by atoms with E-state index >= 15 is 0 Å². The van der Waals surface area contributed by atoms with E-state index < -0.39 is 0 Å². The quantitative estimate of drug-likeness (QED) is 0.900. The number of nitrogens with one attached hydrogen (secondary N) is 1. The molecule has 3 atom stereocenters. The maximum atomic E-state index is 6.08. The third kappa shape index (κ3) is 3.93. The van der Waals surface area contributed by atoms with Crippen LogP contribution in [0.1, 0.15) is 51.8 Å². The molecule has 0 radical (unpaired) electrons. The molecule has 106 valence electrons. The smallest absolute Gasteiger partial charge is 0.138 e. The van der Waals surface area contributed by atoms with E-state index in [4.69, 9.17) is 4.74 Å². The van der Waals surface area contributed by atoms with Gasteiger partial charge in [-0.1, -0.05) is 13.8 Å². The zero-order valence-electron chi connectivity index (χ0n) is 12.5. The van der Waals surface area contributed by atoms with Gasteiger partial charge in [0.05, 0.1) is 18.0 Å². The maximum Gasteiger partial charge on any atom is 0.138 e. The van der Waals surface area contributed by atoms with Gasteiger partial charge in [0.2, 0.25) is 0 Å². The van der Waals surface area contributed by atoms with Crippen LogP contribution in [-0.2, 0) is 0 Å². The third-order valence-corrected chi connectivity index (χ3v) is 4.07. The number of nitrogens with zero attached hydrogens (tertiary/aromatic N) is 1. The summed E-state index contributed by atoms with van der Waals surface area (Å²) in [5.41, 5.74) is 1.06. The van der Waals surface area contributed by atoms with Crippen molar-refractivity contribution in [3.8, 4) is 5.75 Å². The Labute approximate surface area is 116 Å². The summed E-state index contributed by atoms with van der Waals surface area (Å²) in [6, 6.07) is 4.37. The van der Waals surface area contributed by atoms with E-state index in [1.165, 1.54) is 19.3 Å². The fourth-order valence-corrected chi connectivity index (χ4v) is 3.03. The van der Waals surface area contributed by atoms with Gasteiger partial charge >= 0.3 is 0 Å². The van der Waals surface area contributed by atoms with E-state index in [-0.39, 0.29) is 6.04 Å². The van der Waals surface area contributed by atoms with Crippen molar-refractivity contribution in [2.45, 2.75) is 52.2 Å². The molecule has 0 bridgehead atoms. The molecule has 0 saturated heterocycles. The molecular formula is C16H26N2O. The van der Waals surface area contributed by atoms with Gasteiger partial charge in [0.1, 0.15) is 5.75 Å². The summed E-state index contributed by atoms with van der Waals surface area (Å²) >= 11 is 0. The van der Waals surface area contributed by atoms with Crippen molar-refractivity contribution >= 4 is 0 Å². The van der Waals surface area contributed by atoms with Crippen LogP contribution in [0.5, 0.6) is 5.75 Å². The zero-order valence-corrected chi connectivity index (χ0v) is 12.5. The van der Waals surface area contributed by atoms with Gasteiger partial charge in [0.25, 0.3) is 0 Å². The summed E-state index contributed by atoms with van der Waals surface area (Å²) in [6.07, 6.45) is 5.87. The first-order chi connectivity index (χ1) is 9.08. The van der Waals surface area contributed by atoms with Crippen LogP contribution in [0.3, 0.4) is 0 Å². The molecule has 0 amide bonds. The number of hydrogen-bond acceptors (Lipinski definition) is 3. The first-order valence-corrected chi connectivity index (χ1v) is 7.38. The molecule has 0 aromatic carbocycles. The van der Waals surface area contributed by atoms with Crippen LogP contribution in [0.25, 0.3) is 0 Å². The molecule has 0 spiro atoms. The fourth-order valence-electron chi connectivity index (χ4n) is 3.03. The Morgan fingerprint density at radius 3 is 2.42 bits per heavy atom. The molecular weight excluding hydrogens is 236 g/mol. The van der Waals surface area contributed by atoms with Crippen LogP contribution in [0.4, 0.5) is 0 Å². The van der Waals surface area contributed by atoms with E-state index in [2.05, 4.69) is 31.1 Å². The number of hydrogen-bond donors (Lipinski definition) is 1. The van der Waals surface area contributed by atoms with Crippen molar-refractivity contribution < 1.29 is 4.74 Å². The lowest BCUT2D eigenvalue weighted by Crippen LogP contribution is -2.28. The molecule has 1 aromatic rings. The van der Waals surface area contributed by atoms with Crippen molar-refractivity contribution in [1.29, 1.82) is 0 Å². The normalized spacial score (nSPS) is 28.9. The number of ether oxygens (including phenoxy) is 1.